The quantitative estimate of drug-likeness (QED) is 0.527. The fraction of sp³-hybridized carbons (Fsp3) is 0.625. The number of unbranched alkanes of at least 4 members (excludes halogenated alkanes) is 2. The molecule has 0 aliphatic carbocycles. The molecule has 0 rings (SSSR count). The summed E-state index contributed by atoms with van der Waals surface area (Å²) in [5.74, 6) is -0.0431. The third kappa shape index (κ3) is 26.3. The highest BCUT2D eigenvalue weighted by atomic mass is 32.1. The number of hydrogen-bond donors (Lipinski definition) is 1. The number of carboxylic acid groups (broad SMARTS) is 1. The molecular formula is C8H15O2S. The van der Waals surface area contributed by atoms with Crippen molar-refractivity contribution >= 4 is 18.6 Å². The molecule has 2 nitrogen and oxygen atoms in total. The Bertz CT molecular complexity index is 98.3. The van der Waals surface area contributed by atoms with E-state index in [0.29, 0.717) is 0 Å². The van der Waals surface area contributed by atoms with Gasteiger partial charge in [0.25, 0.3) is 0 Å². The minimum Gasteiger partial charge on any atom is -0.478 e. The fourth-order valence-electron chi connectivity index (χ4n) is 0.352. The largest absolute Gasteiger partial charge is 0.478 e. The molecule has 65 valence electrons. The summed E-state index contributed by atoms with van der Waals surface area (Å²) in [4.78, 5) is 9.25. The molecule has 1 N–H and O–H groups in total. The molecule has 0 saturated carbocycles. The molecule has 0 unspecified atom stereocenters. The molecule has 0 bridgehead atoms. The predicted octanol–water partition coefficient (Wildman–Crippen LogP) is 2.63. The van der Waals surface area contributed by atoms with Crippen molar-refractivity contribution in [2.45, 2.75) is 26.2 Å². The smallest absolute Gasteiger partial charge is 0.327 e. The molecule has 0 aromatic heterocycles. The molecule has 0 amide bonds. The summed E-state index contributed by atoms with van der Waals surface area (Å²) in [6, 6.07) is 0. The third-order valence-corrected chi connectivity index (χ3v) is 1.21. The van der Waals surface area contributed by atoms with E-state index in [1.807, 2.05) is 0 Å². The SMILES string of the molecule is C=CC(=O)O.CCCCC[S]. The lowest BCUT2D eigenvalue weighted by Crippen LogP contribution is -1.82. The van der Waals surface area contributed by atoms with Gasteiger partial charge in [-0.3, -0.25) is 0 Å². The molecule has 0 aromatic rings. The summed E-state index contributed by atoms with van der Waals surface area (Å²) in [5, 5.41) is 7.60. The number of rotatable bonds is 4. The van der Waals surface area contributed by atoms with E-state index in [-0.39, 0.29) is 0 Å². The van der Waals surface area contributed by atoms with Crippen molar-refractivity contribution in [2.75, 3.05) is 5.75 Å². The van der Waals surface area contributed by atoms with Crippen molar-refractivity contribution in [3.8, 4) is 0 Å². The van der Waals surface area contributed by atoms with E-state index >= 15 is 0 Å². The molecule has 0 aromatic carbocycles. The zero-order chi connectivity index (χ0) is 9.11. The molecule has 0 atom stereocenters. The lowest BCUT2D eigenvalue weighted by Gasteiger charge is -1.85. The van der Waals surface area contributed by atoms with Crippen LogP contribution >= 0.6 is 12.6 Å². The fourth-order valence-corrected chi connectivity index (χ4v) is 0.556. The van der Waals surface area contributed by atoms with Gasteiger partial charge in [-0.2, -0.15) is 0 Å². The van der Waals surface area contributed by atoms with E-state index < -0.39 is 5.97 Å². The zero-order valence-electron chi connectivity index (χ0n) is 6.88. The Morgan fingerprint density at radius 3 is 2.18 bits per heavy atom. The molecule has 0 aliphatic heterocycles. The minimum absolute atomic E-state index is 0.833. The maximum atomic E-state index is 9.25. The Labute approximate surface area is 73.7 Å². The lowest BCUT2D eigenvalue weighted by molar-refractivity contribution is -0.131. The predicted molar refractivity (Wildman–Crippen MR) is 49.8 cm³/mol. The first-order valence-electron chi connectivity index (χ1n) is 3.62. The molecule has 0 heterocycles. The second kappa shape index (κ2) is 12.3. The Balaban J connectivity index is 0. The van der Waals surface area contributed by atoms with Crippen LogP contribution in [-0.4, -0.2) is 16.8 Å². The average Bonchev–Trinajstić information content (AvgIpc) is 2.02. The number of hydrogen-bond acceptors (Lipinski definition) is 1. The molecular weight excluding hydrogens is 160 g/mol. The van der Waals surface area contributed by atoms with E-state index in [2.05, 4.69) is 13.5 Å². The van der Waals surface area contributed by atoms with Crippen molar-refractivity contribution in [3.63, 3.8) is 0 Å². The Hall–Kier alpha value is -0.440. The topological polar surface area (TPSA) is 37.3 Å². The van der Waals surface area contributed by atoms with Gasteiger partial charge in [-0.1, -0.05) is 39.0 Å². The molecule has 11 heavy (non-hydrogen) atoms. The first-order valence-corrected chi connectivity index (χ1v) is 4.20. The van der Waals surface area contributed by atoms with Gasteiger partial charge in [0.15, 0.2) is 0 Å². The van der Waals surface area contributed by atoms with Crippen LogP contribution in [0, 0.1) is 0 Å². The summed E-state index contributed by atoms with van der Waals surface area (Å²) >= 11 is 4.72. The van der Waals surface area contributed by atoms with E-state index in [9.17, 15) is 4.79 Å². The van der Waals surface area contributed by atoms with Gasteiger partial charge in [-0.05, 0) is 6.42 Å². The lowest BCUT2D eigenvalue weighted by atomic mass is 10.3. The molecule has 0 saturated heterocycles. The van der Waals surface area contributed by atoms with Gasteiger partial charge in [0, 0.05) is 11.8 Å². The molecule has 0 aliphatic rings. The van der Waals surface area contributed by atoms with Gasteiger partial charge in [0.2, 0.25) is 0 Å². The van der Waals surface area contributed by atoms with E-state index in [1.54, 1.807) is 0 Å². The summed E-state index contributed by atoms with van der Waals surface area (Å²) in [6.45, 7) is 5.15. The highest BCUT2D eigenvalue weighted by Gasteiger charge is 1.76. The Kier molecular flexibility index (Phi) is 14.7. The molecule has 0 fully saturated rings. The van der Waals surface area contributed by atoms with Gasteiger partial charge < -0.3 is 5.11 Å². The molecule has 3 heteroatoms. The highest BCUT2D eigenvalue weighted by Crippen LogP contribution is 1.93. The monoisotopic (exact) mass is 175 g/mol. The minimum atomic E-state index is -0.981. The maximum absolute atomic E-state index is 9.25. The van der Waals surface area contributed by atoms with Crippen molar-refractivity contribution in [1.82, 2.24) is 0 Å². The second-order valence-corrected chi connectivity index (χ2v) is 2.36. The van der Waals surface area contributed by atoms with E-state index in [1.165, 1.54) is 19.3 Å². The second-order valence-electron chi connectivity index (χ2n) is 1.95. The van der Waals surface area contributed by atoms with Gasteiger partial charge in [0.05, 0.1) is 0 Å². The van der Waals surface area contributed by atoms with Gasteiger partial charge in [0.1, 0.15) is 0 Å². The van der Waals surface area contributed by atoms with E-state index in [4.69, 9.17) is 17.7 Å². The Morgan fingerprint density at radius 2 is 2.09 bits per heavy atom. The van der Waals surface area contributed by atoms with Crippen molar-refractivity contribution in [1.29, 1.82) is 0 Å². The third-order valence-electron chi connectivity index (χ3n) is 0.923. The summed E-state index contributed by atoms with van der Waals surface area (Å²) in [5.41, 5.74) is 0. The number of carbonyl (C=O) groups is 1. The number of carboxylic acids is 1. The van der Waals surface area contributed by atoms with Crippen molar-refractivity contribution in [3.05, 3.63) is 12.7 Å². The first-order chi connectivity index (χ1) is 5.18. The van der Waals surface area contributed by atoms with E-state index in [0.717, 1.165) is 11.8 Å². The van der Waals surface area contributed by atoms with Crippen LogP contribution in [0.4, 0.5) is 0 Å². The van der Waals surface area contributed by atoms with Crippen LogP contribution in [0.25, 0.3) is 0 Å². The highest BCUT2D eigenvalue weighted by molar-refractivity contribution is 7.80. The van der Waals surface area contributed by atoms with Crippen LogP contribution < -0.4 is 0 Å². The normalized spacial score (nSPS) is 7.82. The maximum Gasteiger partial charge on any atom is 0.327 e. The van der Waals surface area contributed by atoms with Crippen LogP contribution in [0.3, 0.4) is 0 Å². The Morgan fingerprint density at radius 1 is 1.64 bits per heavy atom. The van der Waals surface area contributed by atoms with Crippen LogP contribution in [0.2, 0.25) is 0 Å². The number of aliphatic carboxylic acids is 1. The summed E-state index contributed by atoms with van der Waals surface area (Å²) < 4.78 is 0. The van der Waals surface area contributed by atoms with Crippen molar-refractivity contribution < 1.29 is 9.90 Å². The molecule has 1 radical (unpaired) electrons. The van der Waals surface area contributed by atoms with Gasteiger partial charge in [-0.15, -0.1) is 0 Å². The first kappa shape index (κ1) is 13.2. The summed E-state index contributed by atoms with van der Waals surface area (Å²) in [6.07, 6.45) is 4.66. The summed E-state index contributed by atoms with van der Waals surface area (Å²) in [7, 11) is 0. The van der Waals surface area contributed by atoms with Crippen molar-refractivity contribution in [2.24, 2.45) is 0 Å². The van der Waals surface area contributed by atoms with Crippen LogP contribution in [0.1, 0.15) is 26.2 Å². The zero-order valence-corrected chi connectivity index (χ0v) is 7.69. The van der Waals surface area contributed by atoms with Gasteiger partial charge in [-0.25, -0.2) is 4.79 Å². The molecule has 0 spiro atoms. The van der Waals surface area contributed by atoms with Gasteiger partial charge >= 0.3 is 5.97 Å². The average molecular weight is 175 g/mol. The standard InChI is InChI=1S/C5H11S.C3H4O2/c1-2-3-4-5-6;1-2-3(4)5/h2-5H2,1H3;2H,1H2,(H,4,5). The van der Waals surface area contributed by atoms with Crippen LogP contribution in [0.15, 0.2) is 12.7 Å². The van der Waals surface area contributed by atoms with Crippen LogP contribution in [0.5, 0.6) is 0 Å². The van der Waals surface area contributed by atoms with Crippen LogP contribution in [-0.2, 0) is 4.79 Å².